The molecule has 0 heterocycles. The first-order valence-corrected chi connectivity index (χ1v) is 5.34. The van der Waals surface area contributed by atoms with E-state index >= 15 is 0 Å². The lowest BCUT2D eigenvalue weighted by Gasteiger charge is -2.36. The molecule has 3 nitrogen and oxygen atoms in total. The predicted molar refractivity (Wildman–Crippen MR) is 50.6 cm³/mol. The zero-order chi connectivity index (χ0) is 10.1. The Kier molecular flexibility index (Phi) is 2.57. The summed E-state index contributed by atoms with van der Waals surface area (Å²) >= 11 is 0. The van der Waals surface area contributed by atoms with Gasteiger partial charge in [0.2, 0.25) is 0 Å². The molecular weight excluding hydrogens is 180 g/mol. The number of ether oxygens (including phenoxy) is 1. The Bertz CT molecular complexity index is 243. The molecule has 14 heavy (non-hydrogen) atoms. The Morgan fingerprint density at radius 1 is 1.29 bits per heavy atom. The highest BCUT2D eigenvalue weighted by Crippen LogP contribution is 2.40. The van der Waals surface area contributed by atoms with Crippen LogP contribution in [0.15, 0.2) is 0 Å². The van der Waals surface area contributed by atoms with Gasteiger partial charge in [-0.3, -0.25) is 9.59 Å². The molecule has 0 N–H and O–H groups in total. The van der Waals surface area contributed by atoms with E-state index in [-0.39, 0.29) is 23.7 Å². The zero-order valence-corrected chi connectivity index (χ0v) is 8.49. The molecule has 3 heteroatoms. The fourth-order valence-electron chi connectivity index (χ4n) is 2.84. The van der Waals surface area contributed by atoms with E-state index in [9.17, 15) is 9.59 Å². The van der Waals surface area contributed by atoms with E-state index in [0.717, 1.165) is 32.1 Å². The summed E-state index contributed by atoms with van der Waals surface area (Å²) in [5.74, 6) is 0.539. The molecule has 2 saturated carbocycles. The normalized spacial score (nSPS) is 36.6. The Labute approximate surface area is 83.8 Å². The molecule has 2 fully saturated rings. The maximum absolute atomic E-state index is 11.7. The molecule has 0 radical (unpaired) electrons. The largest absolute Gasteiger partial charge is 0.469 e. The summed E-state index contributed by atoms with van der Waals surface area (Å²) in [5.41, 5.74) is 0. The number of fused-ring (bicyclic) bond motifs is 2. The third kappa shape index (κ3) is 1.56. The van der Waals surface area contributed by atoms with Gasteiger partial charge in [-0.2, -0.15) is 0 Å². The number of carbonyl (C=O) groups excluding carboxylic acids is 2. The van der Waals surface area contributed by atoms with E-state index in [4.69, 9.17) is 4.74 Å². The molecule has 0 aromatic carbocycles. The molecule has 0 aromatic rings. The number of ketones is 1. The lowest BCUT2D eigenvalue weighted by Crippen LogP contribution is -2.39. The number of methoxy groups -OCH3 is 1. The second kappa shape index (κ2) is 3.71. The van der Waals surface area contributed by atoms with Gasteiger partial charge in [0.1, 0.15) is 5.78 Å². The van der Waals surface area contributed by atoms with Gasteiger partial charge in [-0.15, -0.1) is 0 Å². The fourth-order valence-corrected chi connectivity index (χ4v) is 2.84. The van der Waals surface area contributed by atoms with E-state index in [2.05, 4.69) is 0 Å². The first-order valence-electron chi connectivity index (χ1n) is 5.34. The van der Waals surface area contributed by atoms with Crippen molar-refractivity contribution < 1.29 is 14.3 Å². The van der Waals surface area contributed by atoms with E-state index < -0.39 is 0 Å². The highest BCUT2D eigenvalue weighted by molar-refractivity contribution is 5.87. The molecule has 2 aliphatic rings. The number of hydrogen-bond donors (Lipinski definition) is 0. The van der Waals surface area contributed by atoms with Gasteiger partial charge in [0.05, 0.1) is 13.0 Å². The molecule has 0 aliphatic heterocycles. The van der Waals surface area contributed by atoms with Crippen LogP contribution < -0.4 is 0 Å². The van der Waals surface area contributed by atoms with Crippen molar-refractivity contribution in [2.45, 2.75) is 32.1 Å². The Morgan fingerprint density at radius 3 is 2.36 bits per heavy atom. The van der Waals surface area contributed by atoms with Crippen molar-refractivity contribution in [1.29, 1.82) is 0 Å². The fraction of sp³-hybridized carbons (Fsp3) is 0.818. The summed E-state index contributed by atoms with van der Waals surface area (Å²) < 4.78 is 4.74. The highest BCUT2D eigenvalue weighted by Gasteiger charge is 2.41. The van der Waals surface area contributed by atoms with Crippen molar-refractivity contribution in [1.82, 2.24) is 0 Å². The molecule has 0 spiro atoms. The minimum atomic E-state index is -0.130. The summed E-state index contributed by atoms with van der Waals surface area (Å²) in [6, 6.07) is 0. The maximum atomic E-state index is 11.7. The molecule has 0 amide bonds. The molecule has 2 aliphatic carbocycles. The van der Waals surface area contributed by atoms with Crippen molar-refractivity contribution in [3.8, 4) is 0 Å². The van der Waals surface area contributed by atoms with Crippen LogP contribution in [0.5, 0.6) is 0 Å². The van der Waals surface area contributed by atoms with Crippen LogP contribution in [-0.2, 0) is 14.3 Å². The predicted octanol–water partition coefficient (Wildman–Crippen LogP) is 1.55. The lowest BCUT2D eigenvalue weighted by atomic mass is 9.67. The number of rotatable bonds is 1. The second-order valence-corrected chi connectivity index (χ2v) is 4.42. The molecule has 2 rings (SSSR count). The van der Waals surface area contributed by atoms with Gasteiger partial charge in [-0.1, -0.05) is 6.42 Å². The molecule has 78 valence electrons. The minimum absolute atomic E-state index is 0.0204. The van der Waals surface area contributed by atoms with Crippen LogP contribution in [0.25, 0.3) is 0 Å². The maximum Gasteiger partial charge on any atom is 0.308 e. The van der Waals surface area contributed by atoms with E-state index in [1.54, 1.807) is 0 Å². The van der Waals surface area contributed by atoms with Crippen LogP contribution in [0.4, 0.5) is 0 Å². The molecular formula is C11H16O3. The Morgan fingerprint density at radius 2 is 1.86 bits per heavy atom. The molecule has 2 bridgehead atoms. The third-order valence-corrected chi connectivity index (χ3v) is 3.58. The summed E-state index contributed by atoms with van der Waals surface area (Å²) in [6.07, 6.45) is 4.55. The molecule has 1 unspecified atom stereocenters. The topological polar surface area (TPSA) is 43.4 Å². The van der Waals surface area contributed by atoms with Crippen molar-refractivity contribution in [2.75, 3.05) is 7.11 Å². The number of carbonyl (C=O) groups is 2. The molecule has 3 atom stereocenters. The second-order valence-electron chi connectivity index (χ2n) is 4.42. The number of hydrogen-bond acceptors (Lipinski definition) is 3. The lowest BCUT2D eigenvalue weighted by molar-refractivity contribution is -0.150. The van der Waals surface area contributed by atoms with Crippen LogP contribution in [0, 0.1) is 17.8 Å². The van der Waals surface area contributed by atoms with Crippen molar-refractivity contribution in [3.63, 3.8) is 0 Å². The average Bonchev–Trinajstić information content (AvgIpc) is 2.16. The Hall–Kier alpha value is -0.860. The highest BCUT2D eigenvalue weighted by atomic mass is 16.5. The zero-order valence-electron chi connectivity index (χ0n) is 8.49. The van der Waals surface area contributed by atoms with Gasteiger partial charge in [-0.05, 0) is 25.7 Å². The van der Waals surface area contributed by atoms with Gasteiger partial charge in [0.15, 0.2) is 0 Å². The SMILES string of the molecule is COC(=O)C1C[C@H]2CCC[C@@H](C1)C2=O. The quantitative estimate of drug-likeness (QED) is 0.598. The van der Waals surface area contributed by atoms with Crippen LogP contribution in [0.1, 0.15) is 32.1 Å². The van der Waals surface area contributed by atoms with Gasteiger partial charge < -0.3 is 4.74 Å². The smallest absolute Gasteiger partial charge is 0.308 e. The van der Waals surface area contributed by atoms with Crippen molar-refractivity contribution in [2.24, 2.45) is 17.8 Å². The molecule has 0 aromatic heterocycles. The van der Waals surface area contributed by atoms with Gasteiger partial charge in [-0.25, -0.2) is 0 Å². The third-order valence-electron chi connectivity index (χ3n) is 3.58. The summed E-state index contributed by atoms with van der Waals surface area (Å²) in [5, 5.41) is 0. The number of esters is 1. The van der Waals surface area contributed by atoms with Crippen LogP contribution >= 0.6 is 0 Å². The van der Waals surface area contributed by atoms with E-state index in [1.165, 1.54) is 7.11 Å². The van der Waals surface area contributed by atoms with Crippen molar-refractivity contribution >= 4 is 11.8 Å². The summed E-state index contributed by atoms with van der Waals surface area (Å²) in [7, 11) is 1.43. The first-order chi connectivity index (χ1) is 6.72. The van der Waals surface area contributed by atoms with Crippen LogP contribution in [0.3, 0.4) is 0 Å². The number of Topliss-reactive ketones (excluding diaryl/α,β-unsaturated/α-hetero) is 1. The van der Waals surface area contributed by atoms with Gasteiger partial charge in [0.25, 0.3) is 0 Å². The van der Waals surface area contributed by atoms with Crippen LogP contribution in [-0.4, -0.2) is 18.9 Å². The molecule has 0 saturated heterocycles. The monoisotopic (exact) mass is 196 g/mol. The van der Waals surface area contributed by atoms with Gasteiger partial charge >= 0.3 is 5.97 Å². The Balaban J connectivity index is 2.07. The first kappa shape index (κ1) is 9.69. The van der Waals surface area contributed by atoms with Gasteiger partial charge in [0, 0.05) is 11.8 Å². The standard InChI is InChI=1S/C11H16O3/c1-14-11(13)9-5-7-3-2-4-8(6-9)10(7)12/h7-9H,2-6H2,1H3/t7-,8+,9?. The van der Waals surface area contributed by atoms with E-state index in [0.29, 0.717) is 5.78 Å². The summed E-state index contributed by atoms with van der Waals surface area (Å²) in [4.78, 5) is 23.1. The van der Waals surface area contributed by atoms with Crippen molar-refractivity contribution in [3.05, 3.63) is 0 Å². The minimum Gasteiger partial charge on any atom is -0.469 e. The van der Waals surface area contributed by atoms with E-state index in [1.807, 2.05) is 0 Å². The van der Waals surface area contributed by atoms with Crippen LogP contribution in [0.2, 0.25) is 0 Å². The summed E-state index contributed by atoms with van der Waals surface area (Å²) in [6.45, 7) is 0. The average molecular weight is 196 g/mol.